The average molecular weight is 253 g/mol. The zero-order valence-corrected chi connectivity index (χ0v) is 8.56. The van der Waals surface area contributed by atoms with E-state index in [9.17, 15) is 10.1 Å². The van der Waals surface area contributed by atoms with Crippen LogP contribution in [-0.2, 0) is 0 Å². The lowest BCUT2D eigenvalue weighted by atomic mass is 10.1. The number of halogens is 1. The smallest absolute Gasteiger partial charge is 0.258 e. The second-order valence-corrected chi connectivity index (χ2v) is 3.52. The fourth-order valence-corrected chi connectivity index (χ4v) is 1.70. The van der Waals surface area contributed by atoms with Crippen LogP contribution in [0.3, 0.4) is 0 Å². The molecular formula is C9H5BrN2O2. The molecule has 2 rings (SSSR count). The van der Waals surface area contributed by atoms with Crippen molar-refractivity contribution in [2.45, 2.75) is 0 Å². The molecule has 0 bridgehead atoms. The van der Waals surface area contributed by atoms with Crippen molar-refractivity contribution in [3.05, 3.63) is 45.2 Å². The molecule has 0 aliphatic rings. The van der Waals surface area contributed by atoms with Gasteiger partial charge in [-0.25, -0.2) is 4.98 Å². The van der Waals surface area contributed by atoms with Gasteiger partial charge in [-0.15, -0.1) is 0 Å². The van der Waals surface area contributed by atoms with Crippen molar-refractivity contribution in [2.24, 2.45) is 0 Å². The van der Waals surface area contributed by atoms with Gasteiger partial charge in [0, 0.05) is 23.7 Å². The van der Waals surface area contributed by atoms with Crippen LogP contribution in [0.1, 0.15) is 0 Å². The number of benzene rings is 1. The number of aromatic nitrogens is 1. The van der Waals surface area contributed by atoms with Crippen LogP contribution in [0.15, 0.2) is 35.1 Å². The molecule has 1 heterocycles. The van der Waals surface area contributed by atoms with Gasteiger partial charge < -0.3 is 0 Å². The molecule has 2 aromatic rings. The molecule has 0 atom stereocenters. The topological polar surface area (TPSA) is 56.0 Å². The Kier molecular flexibility index (Phi) is 2.17. The Hall–Kier alpha value is -1.49. The Morgan fingerprint density at radius 1 is 1.36 bits per heavy atom. The van der Waals surface area contributed by atoms with Crippen molar-refractivity contribution in [2.75, 3.05) is 0 Å². The van der Waals surface area contributed by atoms with Gasteiger partial charge in [0.25, 0.3) is 5.69 Å². The Morgan fingerprint density at radius 2 is 2.14 bits per heavy atom. The van der Waals surface area contributed by atoms with Gasteiger partial charge in [0.2, 0.25) is 0 Å². The maximum Gasteiger partial charge on any atom is 0.270 e. The highest BCUT2D eigenvalue weighted by atomic mass is 79.9. The Bertz CT molecular complexity index is 513. The van der Waals surface area contributed by atoms with E-state index < -0.39 is 4.92 Å². The first kappa shape index (κ1) is 9.08. The van der Waals surface area contributed by atoms with Crippen molar-refractivity contribution in [1.82, 2.24) is 4.98 Å². The summed E-state index contributed by atoms with van der Waals surface area (Å²) in [6.07, 6.45) is 1.65. The van der Waals surface area contributed by atoms with E-state index >= 15 is 0 Å². The van der Waals surface area contributed by atoms with Crippen LogP contribution in [0.4, 0.5) is 5.69 Å². The van der Waals surface area contributed by atoms with Crippen LogP contribution in [-0.4, -0.2) is 9.91 Å². The van der Waals surface area contributed by atoms with Gasteiger partial charge in [-0.1, -0.05) is 0 Å². The molecule has 0 aliphatic carbocycles. The second-order valence-electron chi connectivity index (χ2n) is 2.76. The summed E-state index contributed by atoms with van der Waals surface area (Å²) >= 11 is 3.25. The lowest BCUT2D eigenvalue weighted by Crippen LogP contribution is -1.88. The molecular weight excluding hydrogens is 248 g/mol. The summed E-state index contributed by atoms with van der Waals surface area (Å²) in [5.74, 6) is 0. The highest BCUT2D eigenvalue weighted by molar-refractivity contribution is 9.10. The van der Waals surface area contributed by atoms with E-state index in [-0.39, 0.29) is 5.69 Å². The van der Waals surface area contributed by atoms with Gasteiger partial charge in [-0.2, -0.15) is 0 Å². The summed E-state index contributed by atoms with van der Waals surface area (Å²) in [6, 6.07) is 6.50. The maximum absolute atomic E-state index is 10.5. The molecule has 0 saturated carbocycles. The van der Waals surface area contributed by atoms with Crippen molar-refractivity contribution >= 4 is 32.4 Å². The highest BCUT2D eigenvalue weighted by Crippen LogP contribution is 2.25. The predicted molar refractivity (Wildman–Crippen MR) is 56.1 cm³/mol. The van der Waals surface area contributed by atoms with E-state index in [1.807, 2.05) is 6.07 Å². The first-order chi connectivity index (χ1) is 6.68. The van der Waals surface area contributed by atoms with Gasteiger partial charge in [-0.3, -0.25) is 10.1 Å². The van der Waals surface area contributed by atoms with E-state index in [1.54, 1.807) is 12.3 Å². The van der Waals surface area contributed by atoms with Crippen LogP contribution in [0, 0.1) is 10.1 Å². The van der Waals surface area contributed by atoms with Crippen LogP contribution >= 0.6 is 15.9 Å². The molecule has 1 aromatic carbocycles. The lowest BCUT2D eigenvalue weighted by molar-refractivity contribution is -0.384. The van der Waals surface area contributed by atoms with E-state index in [2.05, 4.69) is 20.9 Å². The predicted octanol–water partition coefficient (Wildman–Crippen LogP) is 2.91. The normalized spacial score (nSPS) is 10.4. The summed E-state index contributed by atoms with van der Waals surface area (Å²) in [4.78, 5) is 14.1. The molecule has 4 nitrogen and oxygen atoms in total. The summed E-state index contributed by atoms with van der Waals surface area (Å²) in [5.41, 5.74) is 0.0752. The molecule has 5 heteroatoms. The number of pyridine rings is 1. The van der Waals surface area contributed by atoms with Gasteiger partial charge in [-0.05, 0) is 33.4 Å². The molecule has 70 valence electrons. The fourth-order valence-electron chi connectivity index (χ4n) is 1.23. The third kappa shape index (κ3) is 1.46. The molecule has 1 aromatic heterocycles. The lowest BCUT2D eigenvalue weighted by Gasteiger charge is -1.98. The van der Waals surface area contributed by atoms with Crippen molar-refractivity contribution in [3.63, 3.8) is 0 Å². The minimum Gasteiger partial charge on any atom is -0.258 e. The number of nitro benzene ring substituents is 1. The number of nitrogens with zero attached hydrogens (tertiary/aromatic N) is 2. The molecule has 0 amide bonds. The third-order valence-electron chi connectivity index (χ3n) is 1.91. The van der Waals surface area contributed by atoms with Gasteiger partial charge >= 0.3 is 0 Å². The van der Waals surface area contributed by atoms with Crippen LogP contribution in [0.25, 0.3) is 10.8 Å². The number of nitro groups is 1. The Balaban J connectivity index is 2.76. The summed E-state index contributed by atoms with van der Waals surface area (Å²) < 4.78 is 0.624. The monoisotopic (exact) mass is 252 g/mol. The number of hydrogen-bond donors (Lipinski definition) is 0. The molecule has 0 radical (unpaired) electrons. The van der Waals surface area contributed by atoms with Crippen LogP contribution in [0.5, 0.6) is 0 Å². The van der Waals surface area contributed by atoms with Gasteiger partial charge in [0.05, 0.1) is 4.92 Å². The second kappa shape index (κ2) is 3.34. The molecule has 0 unspecified atom stereocenters. The molecule has 0 spiro atoms. The van der Waals surface area contributed by atoms with Crippen molar-refractivity contribution < 1.29 is 4.92 Å². The molecule has 0 aliphatic heterocycles. The zero-order chi connectivity index (χ0) is 10.1. The zero-order valence-electron chi connectivity index (χ0n) is 6.98. The van der Waals surface area contributed by atoms with E-state index in [1.165, 1.54) is 12.1 Å². The number of fused-ring (bicyclic) bond motifs is 1. The Morgan fingerprint density at radius 3 is 2.86 bits per heavy atom. The number of hydrogen-bond acceptors (Lipinski definition) is 3. The first-order valence-corrected chi connectivity index (χ1v) is 4.66. The summed E-state index contributed by atoms with van der Waals surface area (Å²) in [7, 11) is 0. The largest absolute Gasteiger partial charge is 0.270 e. The maximum atomic E-state index is 10.5. The molecule has 0 saturated heterocycles. The van der Waals surface area contributed by atoms with E-state index in [0.717, 1.165) is 10.8 Å². The van der Waals surface area contributed by atoms with Crippen LogP contribution < -0.4 is 0 Å². The third-order valence-corrected chi connectivity index (χ3v) is 2.54. The number of non-ortho nitro benzene ring substituents is 1. The van der Waals surface area contributed by atoms with Crippen LogP contribution in [0.2, 0.25) is 0 Å². The first-order valence-electron chi connectivity index (χ1n) is 3.87. The standard InChI is InChI=1S/C9H5BrN2O2/c10-9-8-5-7(12(13)14)2-1-6(8)3-4-11-9/h1-5H. The van der Waals surface area contributed by atoms with E-state index in [0.29, 0.717) is 4.60 Å². The SMILES string of the molecule is O=[N+]([O-])c1ccc2ccnc(Br)c2c1. The van der Waals surface area contributed by atoms with Gasteiger partial charge in [0.15, 0.2) is 0 Å². The Labute approximate surface area is 87.9 Å². The molecule has 0 fully saturated rings. The quantitative estimate of drug-likeness (QED) is 0.446. The van der Waals surface area contributed by atoms with Gasteiger partial charge in [0.1, 0.15) is 4.60 Å². The summed E-state index contributed by atoms with van der Waals surface area (Å²) in [5, 5.41) is 12.2. The van der Waals surface area contributed by atoms with Crippen molar-refractivity contribution in [1.29, 1.82) is 0 Å². The minimum atomic E-state index is -0.418. The highest BCUT2D eigenvalue weighted by Gasteiger charge is 2.07. The fraction of sp³-hybridized carbons (Fsp3) is 0. The summed E-state index contributed by atoms with van der Waals surface area (Å²) in [6.45, 7) is 0. The average Bonchev–Trinajstić information content (AvgIpc) is 2.18. The number of rotatable bonds is 1. The molecule has 0 N–H and O–H groups in total. The van der Waals surface area contributed by atoms with E-state index in [4.69, 9.17) is 0 Å². The molecule has 14 heavy (non-hydrogen) atoms. The van der Waals surface area contributed by atoms with Crippen molar-refractivity contribution in [3.8, 4) is 0 Å². The minimum absolute atomic E-state index is 0.0752.